The molecule has 4 heterocycles. The highest BCUT2D eigenvalue weighted by Gasteiger charge is 2.35. The molecule has 4 aromatic rings. The van der Waals surface area contributed by atoms with Crippen molar-refractivity contribution in [1.82, 2.24) is 19.0 Å². The number of rotatable bonds is 9. The first kappa shape index (κ1) is 26.8. The van der Waals surface area contributed by atoms with Gasteiger partial charge in [-0.15, -0.1) is 11.3 Å². The Hall–Kier alpha value is -3.77. The molecule has 206 valence electrons. The Morgan fingerprint density at radius 2 is 2.08 bits per heavy atom. The van der Waals surface area contributed by atoms with Crippen molar-refractivity contribution in [1.29, 1.82) is 0 Å². The Labute approximate surface area is 227 Å². The minimum absolute atomic E-state index is 0.0445. The number of halogens is 1. The fourth-order valence-corrected chi connectivity index (χ4v) is 6.25. The van der Waals surface area contributed by atoms with Gasteiger partial charge in [-0.05, 0) is 43.5 Å². The van der Waals surface area contributed by atoms with Crippen LogP contribution in [-0.4, -0.2) is 52.2 Å². The van der Waals surface area contributed by atoms with Gasteiger partial charge in [-0.3, -0.25) is 14.2 Å². The van der Waals surface area contributed by atoms with Gasteiger partial charge in [-0.1, -0.05) is 6.92 Å². The predicted octanol–water partition coefficient (Wildman–Crippen LogP) is 3.91. The first-order chi connectivity index (χ1) is 18.8. The monoisotopic (exact) mass is 556 g/mol. The SMILES string of the molecule is CCCO[C@@H](Cn1c(=O)n(C2CCN(C)C2=O)c(=O)c2c(C)c(-c3ncco3)sc21)c1cc(F)ccc1OC. The molecule has 12 heteroatoms. The molecular weight excluding hydrogens is 527 g/mol. The lowest BCUT2D eigenvalue weighted by Gasteiger charge is -2.23. The van der Waals surface area contributed by atoms with Gasteiger partial charge in [0.2, 0.25) is 11.8 Å². The minimum atomic E-state index is -0.922. The average Bonchev–Trinajstić information content (AvgIpc) is 3.65. The number of methoxy groups -OCH3 is 1. The van der Waals surface area contributed by atoms with E-state index in [1.54, 1.807) is 14.0 Å². The van der Waals surface area contributed by atoms with Gasteiger partial charge in [-0.2, -0.15) is 0 Å². The number of hydrogen-bond donors (Lipinski definition) is 0. The zero-order valence-electron chi connectivity index (χ0n) is 22.1. The molecule has 39 heavy (non-hydrogen) atoms. The van der Waals surface area contributed by atoms with Crippen LogP contribution in [0.15, 0.2) is 44.7 Å². The Bertz CT molecular complexity index is 1640. The van der Waals surface area contributed by atoms with Crippen molar-refractivity contribution in [3.05, 3.63) is 68.4 Å². The number of carbonyl (C=O) groups excluding carboxylic acids is 1. The molecule has 0 N–H and O–H groups in total. The number of hydrogen-bond acceptors (Lipinski definition) is 8. The van der Waals surface area contributed by atoms with Crippen LogP contribution in [-0.2, 0) is 16.1 Å². The van der Waals surface area contributed by atoms with E-state index in [0.717, 1.165) is 4.57 Å². The van der Waals surface area contributed by atoms with Gasteiger partial charge < -0.3 is 18.8 Å². The predicted molar refractivity (Wildman–Crippen MR) is 144 cm³/mol. The van der Waals surface area contributed by atoms with Crippen LogP contribution < -0.4 is 16.0 Å². The molecule has 0 spiro atoms. The molecule has 0 radical (unpaired) electrons. The number of fused-ring (bicyclic) bond motifs is 1. The second kappa shape index (κ2) is 10.8. The van der Waals surface area contributed by atoms with Gasteiger partial charge in [-0.25, -0.2) is 18.7 Å². The van der Waals surface area contributed by atoms with Gasteiger partial charge >= 0.3 is 5.69 Å². The van der Waals surface area contributed by atoms with E-state index in [-0.39, 0.29) is 12.5 Å². The Morgan fingerprint density at radius 3 is 2.72 bits per heavy atom. The number of likely N-dealkylation sites (N-methyl/N-ethyl adjacent to an activating group) is 1. The Balaban J connectivity index is 1.77. The highest BCUT2D eigenvalue weighted by atomic mass is 32.1. The fraction of sp³-hybridized carbons (Fsp3) is 0.407. The molecule has 3 aromatic heterocycles. The molecule has 0 bridgehead atoms. The van der Waals surface area contributed by atoms with E-state index >= 15 is 0 Å². The zero-order valence-corrected chi connectivity index (χ0v) is 22.9. The third kappa shape index (κ3) is 4.67. The quantitative estimate of drug-likeness (QED) is 0.308. The van der Waals surface area contributed by atoms with Gasteiger partial charge in [0.15, 0.2) is 0 Å². The normalized spacial score (nSPS) is 16.4. The van der Waals surface area contributed by atoms with Crippen LogP contribution in [0.5, 0.6) is 5.75 Å². The van der Waals surface area contributed by atoms with Crippen molar-refractivity contribution in [2.75, 3.05) is 27.3 Å². The summed E-state index contributed by atoms with van der Waals surface area (Å²) in [7, 11) is 3.12. The number of nitrogens with zero attached hydrogens (tertiary/aromatic N) is 4. The second-order valence-corrected chi connectivity index (χ2v) is 10.5. The highest BCUT2D eigenvalue weighted by Crippen LogP contribution is 2.37. The molecular formula is C27H29FN4O6S. The molecule has 1 unspecified atom stereocenters. The molecule has 2 atom stereocenters. The van der Waals surface area contributed by atoms with Crippen LogP contribution in [0.4, 0.5) is 4.39 Å². The number of likely N-dealkylation sites (tertiary alicyclic amines) is 1. The zero-order chi connectivity index (χ0) is 27.8. The summed E-state index contributed by atoms with van der Waals surface area (Å²) < 4.78 is 34.0. The molecule has 1 aliphatic heterocycles. The van der Waals surface area contributed by atoms with Gasteiger partial charge in [0.05, 0.1) is 30.1 Å². The van der Waals surface area contributed by atoms with Crippen LogP contribution >= 0.6 is 11.3 Å². The molecule has 1 saturated heterocycles. The molecule has 10 nitrogen and oxygen atoms in total. The number of oxazole rings is 1. The first-order valence-corrected chi connectivity index (χ1v) is 13.5. The van der Waals surface area contributed by atoms with Crippen molar-refractivity contribution in [3.63, 3.8) is 0 Å². The summed E-state index contributed by atoms with van der Waals surface area (Å²) in [5.74, 6) is -0.0472. The summed E-state index contributed by atoms with van der Waals surface area (Å²) in [6.07, 6.45) is 3.18. The van der Waals surface area contributed by atoms with Crippen molar-refractivity contribution in [2.45, 2.75) is 45.4 Å². The summed E-state index contributed by atoms with van der Waals surface area (Å²) in [4.78, 5) is 47.6. The van der Waals surface area contributed by atoms with Crippen molar-refractivity contribution < 1.29 is 23.1 Å². The number of benzene rings is 1. The van der Waals surface area contributed by atoms with Crippen LogP contribution in [0.25, 0.3) is 21.0 Å². The van der Waals surface area contributed by atoms with E-state index < -0.39 is 29.2 Å². The number of aromatic nitrogens is 3. The molecule has 0 saturated carbocycles. The molecule has 1 aliphatic rings. The van der Waals surface area contributed by atoms with Gasteiger partial charge in [0, 0.05) is 25.8 Å². The maximum atomic E-state index is 14.4. The van der Waals surface area contributed by atoms with E-state index in [1.165, 1.54) is 58.6 Å². The Morgan fingerprint density at radius 1 is 1.28 bits per heavy atom. The standard InChI is InChI=1S/C27H29FN4O6S/c1-5-11-37-20(17-13-16(28)6-7-19(17)36-4)14-31-26-21(15(2)22(39-26)23-29-9-12-38-23)25(34)32(27(31)35)18-8-10-30(3)24(18)33/h6-7,9,12-13,18,20H,5,8,10-11,14H2,1-4H3/t18?,20-/m0/s1. The van der Waals surface area contributed by atoms with Crippen LogP contribution in [0.3, 0.4) is 0 Å². The molecule has 0 aliphatic carbocycles. The third-order valence-electron chi connectivity index (χ3n) is 6.99. The number of amides is 1. The summed E-state index contributed by atoms with van der Waals surface area (Å²) >= 11 is 1.20. The highest BCUT2D eigenvalue weighted by molar-refractivity contribution is 7.22. The van der Waals surface area contributed by atoms with Crippen molar-refractivity contribution >= 4 is 27.5 Å². The number of aryl methyl sites for hydroxylation is 1. The van der Waals surface area contributed by atoms with E-state index in [1.807, 2.05) is 6.92 Å². The van der Waals surface area contributed by atoms with E-state index in [2.05, 4.69) is 4.98 Å². The maximum absolute atomic E-state index is 14.4. The van der Waals surface area contributed by atoms with Gasteiger partial charge in [0.25, 0.3) is 5.56 Å². The maximum Gasteiger partial charge on any atom is 0.332 e. The summed E-state index contributed by atoms with van der Waals surface area (Å²) in [6.45, 7) is 4.44. The first-order valence-electron chi connectivity index (χ1n) is 12.6. The largest absolute Gasteiger partial charge is 0.496 e. The Kier molecular flexibility index (Phi) is 7.41. The van der Waals surface area contributed by atoms with E-state index in [0.29, 0.717) is 63.9 Å². The topological polar surface area (TPSA) is 109 Å². The van der Waals surface area contributed by atoms with Crippen LogP contribution in [0.1, 0.15) is 43.0 Å². The lowest BCUT2D eigenvalue weighted by atomic mass is 10.1. The molecule has 1 aromatic carbocycles. The summed E-state index contributed by atoms with van der Waals surface area (Å²) in [5, 5.41) is 0.301. The van der Waals surface area contributed by atoms with E-state index in [9.17, 15) is 18.8 Å². The molecule has 1 fully saturated rings. The lowest BCUT2D eigenvalue weighted by molar-refractivity contribution is -0.129. The smallest absolute Gasteiger partial charge is 0.332 e. The lowest BCUT2D eigenvalue weighted by Crippen LogP contribution is -2.44. The summed E-state index contributed by atoms with van der Waals surface area (Å²) in [5.41, 5.74) is -0.151. The molecule has 1 amide bonds. The summed E-state index contributed by atoms with van der Waals surface area (Å²) in [6, 6.07) is 3.20. The number of thiophene rings is 1. The second-order valence-electron chi connectivity index (χ2n) is 9.45. The van der Waals surface area contributed by atoms with E-state index in [4.69, 9.17) is 13.9 Å². The van der Waals surface area contributed by atoms with Crippen molar-refractivity contribution in [2.24, 2.45) is 0 Å². The number of carbonyl (C=O) groups is 1. The number of ether oxygens (including phenoxy) is 2. The van der Waals surface area contributed by atoms with Crippen LogP contribution in [0, 0.1) is 12.7 Å². The van der Waals surface area contributed by atoms with Crippen molar-refractivity contribution in [3.8, 4) is 16.5 Å². The van der Waals surface area contributed by atoms with Crippen LogP contribution in [0.2, 0.25) is 0 Å². The minimum Gasteiger partial charge on any atom is -0.496 e. The third-order valence-corrected chi connectivity index (χ3v) is 8.29. The average molecular weight is 557 g/mol. The van der Waals surface area contributed by atoms with Gasteiger partial charge in [0.1, 0.15) is 34.8 Å². The fourth-order valence-electron chi connectivity index (χ4n) is 5.01. The molecule has 5 rings (SSSR count).